The van der Waals surface area contributed by atoms with Gasteiger partial charge >= 0.3 is 0 Å². The predicted octanol–water partition coefficient (Wildman–Crippen LogP) is 3.47. The number of halogens is 1. The van der Waals surface area contributed by atoms with Crippen LogP contribution >= 0.6 is 11.6 Å². The molecule has 3 rings (SSSR count). The Kier molecular flexibility index (Phi) is 3.03. The molecule has 5 heteroatoms. The number of rotatable bonds is 2. The molecule has 0 saturated heterocycles. The molecule has 1 aliphatic heterocycles. The highest BCUT2D eigenvalue weighted by Crippen LogP contribution is 2.35. The van der Waals surface area contributed by atoms with Crippen LogP contribution in [0.3, 0.4) is 0 Å². The van der Waals surface area contributed by atoms with E-state index in [1.807, 2.05) is 37.3 Å². The van der Waals surface area contributed by atoms with Gasteiger partial charge in [0, 0.05) is 5.69 Å². The van der Waals surface area contributed by atoms with Gasteiger partial charge in [-0.05, 0) is 36.2 Å². The molecule has 1 heterocycles. The number of hydrogen-bond acceptors (Lipinski definition) is 3. The summed E-state index contributed by atoms with van der Waals surface area (Å²) < 4.78 is 0. The fourth-order valence-corrected chi connectivity index (χ4v) is 2.60. The van der Waals surface area contributed by atoms with Gasteiger partial charge in [0.25, 0.3) is 0 Å². The largest absolute Gasteiger partial charge is 0.397 e. The maximum absolute atomic E-state index is 11.4. The van der Waals surface area contributed by atoms with E-state index in [-0.39, 0.29) is 5.91 Å². The Balaban J connectivity index is 2.00. The molecule has 20 heavy (non-hydrogen) atoms. The van der Waals surface area contributed by atoms with E-state index in [9.17, 15) is 4.79 Å². The lowest BCUT2D eigenvalue weighted by Crippen LogP contribution is -2.03. The second-order valence-electron chi connectivity index (χ2n) is 4.88. The average molecular weight is 288 g/mol. The number of para-hydroxylation sites is 1. The molecule has 0 radical (unpaired) electrons. The first-order chi connectivity index (χ1) is 9.54. The molecule has 0 atom stereocenters. The lowest BCUT2D eigenvalue weighted by atomic mass is 10.1. The van der Waals surface area contributed by atoms with Crippen molar-refractivity contribution in [1.29, 1.82) is 0 Å². The van der Waals surface area contributed by atoms with E-state index < -0.39 is 0 Å². The third kappa shape index (κ3) is 2.18. The Hall–Kier alpha value is -2.20. The van der Waals surface area contributed by atoms with Crippen molar-refractivity contribution in [3.8, 4) is 0 Å². The maximum atomic E-state index is 11.4. The summed E-state index contributed by atoms with van der Waals surface area (Å²) in [7, 11) is 0. The van der Waals surface area contributed by atoms with Crippen molar-refractivity contribution < 1.29 is 4.79 Å². The topological polar surface area (TPSA) is 67.1 Å². The summed E-state index contributed by atoms with van der Waals surface area (Å²) in [6.07, 6.45) is 0.380. The van der Waals surface area contributed by atoms with Crippen LogP contribution in [0.4, 0.5) is 22.7 Å². The molecular formula is C15H14ClN3O. The van der Waals surface area contributed by atoms with Crippen molar-refractivity contribution in [3.63, 3.8) is 0 Å². The van der Waals surface area contributed by atoms with Crippen LogP contribution in [0.25, 0.3) is 0 Å². The summed E-state index contributed by atoms with van der Waals surface area (Å²) in [4.78, 5) is 11.4. The summed E-state index contributed by atoms with van der Waals surface area (Å²) in [5.41, 5.74) is 11.0. The van der Waals surface area contributed by atoms with Crippen LogP contribution < -0.4 is 16.4 Å². The minimum absolute atomic E-state index is 0.00882. The van der Waals surface area contributed by atoms with E-state index in [2.05, 4.69) is 10.6 Å². The first-order valence-electron chi connectivity index (χ1n) is 6.29. The number of nitrogen functional groups attached to an aromatic ring is 1. The highest BCUT2D eigenvalue weighted by molar-refractivity contribution is 6.33. The molecule has 0 aliphatic carbocycles. The van der Waals surface area contributed by atoms with E-state index in [1.54, 1.807) is 0 Å². The zero-order valence-electron chi connectivity index (χ0n) is 11.0. The van der Waals surface area contributed by atoms with Gasteiger partial charge < -0.3 is 16.4 Å². The Labute approximate surface area is 121 Å². The number of nitrogens with two attached hydrogens (primary N) is 1. The van der Waals surface area contributed by atoms with Crippen LogP contribution in [0.2, 0.25) is 5.02 Å². The minimum atomic E-state index is -0.00882. The van der Waals surface area contributed by atoms with Crippen molar-refractivity contribution in [3.05, 3.63) is 46.5 Å². The Morgan fingerprint density at radius 1 is 1.35 bits per heavy atom. The maximum Gasteiger partial charge on any atom is 0.228 e. The van der Waals surface area contributed by atoms with Crippen molar-refractivity contribution in [2.45, 2.75) is 13.3 Å². The number of carbonyl (C=O) groups is 1. The third-order valence-corrected chi connectivity index (χ3v) is 3.70. The fourth-order valence-electron chi connectivity index (χ4n) is 2.33. The molecule has 4 nitrogen and oxygen atoms in total. The van der Waals surface area contributed by atoms with Gasteiger partial charge in [-0.2, -0.15) is 0 Å². The normalized spacial score (nSPS) is 13.0. The molecule has 0 aromatic heterocycles. The molecule has 0 fully saturated rings. The second-order valence-corrected chi connectivity index (χ2v) is 5.29. The zero-order valence-corrected chi connectivity index (χ0v) is 11.7. The van der Waals surface area contributed by atoms with E-state index in [0.717, 1.165) is 28.2 Å². The summed E-state index contributed by atoms with van der Waals surface area (Å²) in [6.45, 7) is 1.97. The van der Waals surface area contributed by atoms with Crippen LogP contribution in [-0.2, 0) is 11.2 Å². The molecular weight excluding hydrogens is 274 g/mol. The zero-order chi connectivity index (χ0) is 14.3. The Bertz CT molecular complexity index is 692. The van der Waals surface area contributed by atoms with Gasteiger partial charge in [0.15, 0.2) is 0 Å². The molecule has 2 aromatic carbocycles. The number of benzene rings is 2. The Morgan fingerprint density at radius 2 is 2.15 bits per heavy atom. The van der Waals surface area contributed by atoms with Gasteiger partial charge in [-0.1, -0.05) is 23.7 Å². The number of fused-ring (bicyclic) bond motifs is 1. The van der Waals surface area contributed by atoms with E-state index >= 15 is 0 Å². The van der Waals surface area contributed by atoms with E-state index in [4.69, 9.17) is 17.3 Å². The number of amides is 1. The number of hydrogen-bond donors (Lipinski definition) is 3. The molecule has 1 aliphatic rings. The number of nitrogens with one attached hydrogen (secondary N) is 2. The second kappa shape index (κ2) is 4.72. The van der Waals surface area contributed by atoms with E-state index in [0.29, 0.717) is 17.1 Å². The molecule has 0 spiro atoms. The van der Waals surface area contributed by atoms with Crippen molar-refractivity contribution in [1.82, 2.24) is 0 Å². The number of aryl methyl sites for hydroxylation is 1. The average Bonchev–Trinajstić information content (AvgIpc) is 2.73. The summed E-state index contributed by atoms with van der Waals surface area (Å²) in [6, 6.07) is 9.36. The van der Waals surface area contributed by atoms with Crippen LogP contribution in [0.15, 0.2) is 30.3 Å². The monoisotopic (exact) mass is 287 g/mol. The SMILES string of the molecule is Cc1cccc(Cl)c1Nc1cc2c(cc1N)CC(=O)N2. The predicted molar refractivity (Wildman–Crippen MR) is 82.7 cm³/mol. The summed E-state index contributed by atoms with van der Waals surface area (Å²) >= 11 is 6.20. The van der Waals surface area contributed by atoms with Gasteiger partial charge in [0.1, 0.15) is 0 Å². The van der Waals surface area contributed by atoms with Crippen LogP contribution in [0.1, 0.15) is 11.1 Å². The number of anilines is 4. The van der Waals surface area contributed by atoms with E-state index in [1.165, 1.54) is 0 Å². The third-order valence-electron chi connectivity index (χ3n) is 3.38. The molecule has 102 valence electrons. The molecule has 4 N–H and O–H groups in total. The summed E-state index contributed by atoms with van der Waals surface area (Å²) in [5, 5.41) is 6.69. The van der Waals surface area contributed by atoms with Crippen LogP contribution in [-0.4, -0.2) is 5.91 Å². The lowest BCUT2D eigenvalue weighted by molar-refractivity contribution is -0.115. The van der Waals surface area contributed by atoms with Crippen molar-refractivity contribution in [2.75, 3.05) is 16.4 Å². The quantitative estimate of drug-likeness (QED) is 0.741. The van der Waals surface area contributed by atoms with Crippen LogP contribution in [0, 0.1) is 6.92 Å². The van der Waals surface area contributed by atoms with Gasteiger partial charge in [-0.3, -0.25) is 4.79 Å². The smallest absolute Gasteiger partial charge is 0.228 e. The molecule has 1 amide bonds. The summed E-state index contributed by atoms with van der Waals surface area (Å²) in [5.74, 6) is -0.00882. The van der Waals surface area contributed by atoms with Gasteiger partial charge in [-0.25, -0.2) is 0 Å². The first kappa shape index (κ1) is 12.8. The van der Waals surface area contributed by atoms with Crippen LogP contribution in [0.5, 0.6) is 0 Å². The lowest BCUT2D eigenvalue weighted by Gasteiger charge is -2.14. The van der Waals surface area contributed by atoms with Crippen molar-refractivity contribution in [2.24, 2.45) is 0 Å². The standard InChI is InChI=1S/C15H14ClN3O/c1-8-3-2-4-10(16)15(8)19-13-7-12-9(5-11(13)17)6-14(20)18-12/h2-5,7,19H,6,17H2,1H3,(H,18,20). The minimum Gasteiger partial charge on any atom is -0.397 e. The van der Waals surface area contributed by atoms with Gasteiger partial charge in [0.05, 0.1) is 28.5 Å². The fraction of sp³-hybridized carbons (Fsp3) is 0.133. The molecule has 2 aromatic rings. The first-order valence-corrected chi connectivity index (χ1v) is 6.67. The van der Waals surface area contributed by atoms with Crippen molar-refractivity contribution >= 4 is 40.3 Å². The van der Waals surface area contributed by atoms with Gasteiger partial charge in [0.2, 0.25) is 5.91 Å². The highest BCUT2D eigenvalue weighted by Gasteiger charge is 2.19. The molecule has 0 unspecified atom stereocenters. The Morgan fingerprint density at radius 3 is 2.90 bits per heavy atom. The van der Waals surface area contributed by atoms with Gasteiger partial charge in [-0.15, -0.1) is 0 Å². The molecule has 0 saturated carbocycles. The molecule has 0 bridgehead atoms. The number of carbonyl (C=O) groups excluding carboxylic acids is 1. The highest BCUT2D eigenvalue weighted by atomic mass is 35.5.